The van der Waals surface area contributed by atoms with Crippen LogP contribution in [0.2, 0.25) is 5.02 Å². The van der Waals surface area contributed by atoms with Crippen LogP contribution in [0, 0.1) is 6.92 Å². The van der Waals surface area contributed by atoms with Crippen LogP contribution in [0.4, 0.5) is 0 Å². The molecular formula is C24H31ClN2O2. The molecule has 0 aliphatic carbocycles. The summed E-state index contributed by atoms with van der Waals surface area (Å²) < 4.78 is 0. The second kappa shape index (κ2) is 11.6. The van der Waals surface area contributed by atoms with Gasteiger partial charge in [0.2, 0.25) is 11.8 Å². The van der Waals surface area contributed by atoms with Crippen molar-refractivity contribution in [3.8, 4) is 0 Å². The Bertz CT molecular complexity index is 788. The van der Waals surface area contributed by atoms with Crippen molar-refractivity contribution in [3.05, 3.63) is 70.2 Å². The second-order valence-corrected chi connectivity index (χ2v) is 7.79. The topological polar surface area (TPSA) is 49.4 Å². The van der Waals surface area contributed by atoms with Gasteiger partial charge in [-0.25, -0.2) is 0 Å². The van der Waals surface area contributed by atoms with Gasteiger partial charge < -0.3 is 10.2 Å². The van der Waals surface area contributed by atoms with Crippen molar-refractivity contribution in [1.82, 2.24) is 10.2 Å². The maximum atomic E-state index is 13.2. The third-order valence-corrected chi connectivity index (χ3v) is 5.20. The molecule has 0 heterocycles. The lowest BCUT2D eigenvalue weighted by atomic mass is 10.1. The molecule has 0 fully saturated rings. The fraction of sp³-hybridized carbons (Fsp3) is 0.417. The molecule has 0 saturated heterocycles. The maximum Gasteiger partial charge on any atom is 0.242 e. The first-order chi connectivity index (χ1) is 13.9. The van der Waals surface area contributed by atoms with Crippen molar-refractivity contribution in [3.63, 3.8) is 0 Å². The molecule has 0 spiro atoms. The Hall–Kier alpha value is -2.33. The van der Waals surface area contributed by atoms with Crippen LogP contribution in [-0.2, 0) is 22.6 Å². The number of nitrogens with zero attached hydrogens (tertiary/aromatic N) is 1. The number of carbonyl (C=O) groups excluding carboxylic acids is 2. The zero-order chi connectivity index (χ0) is 21.2. The molecule has 0 radical (unpaired) electrons. The average molecular weight is 415 g/mol. The van der Waals surface area contributed by atoms with Gasteiger partial charge in [0.25, 0.3) is 0 Å². The van der Waals surface area contributed by atoms with E-state index in [9.17, 15) is 9.59 Å². The first-order valence-electron chi connectivity index (χ1n) is 10.3. The van der Waals surface area contributed by atoms with Gasteiger partial charge in [-0.1, -0.05) is 67.4 Å². The van der Waals surface area contributed by atoms with E-state index in [1.165, 1.54) is 5.56 Å². The van der Waals surface area contributed by atoms with Crippen LogP contribution in [0.1, 0.15) is 49.8 Å². The Labute approximate surface area is 179 Å². The Morgan fingerprint density at radius 3 is 2.21 bits per heavy atom. The van der Waals surface area contributed by atoms with Crippen molar-refractivity contribution in [2.75, 3.05) is 6.54 Å². The Balaban J connectivity index is 2.16. The minimum atomic E-state index is -0.484. The summed E-state index contributed by atoms with van der Waals surface area (Å²) in [6.45, 7) is 7.00. The minimum Gasteiger partial charge on any atom is -0.354 e. The molecule has 0 bridgehead atoms. The van der Waals surface area contributed by atoms with Crippen molar-refractivity contribution in [2.24, 2.45) is 0 Å². The predicted molar refractivity (Wildman–Crippen MR) is 119 cm³/mol. The SMILES string of the molecule is CCCNC(=O)C(CC)N(Cc1ccc(Cl)cc1)C(=O)CCc1ccc(C)cc1. The van der Waals surface area contributed by atoms with Crippen LogP contribution in [0.3, 0.4) is 0 Å². The summed E-state index contributed by atoms with van der Waals surface area (Å²) in [4.78, 5) is 27.6. The number of hydrogen-bond donors (Lipinski definition) is 1. The average Bonchev–Trinajstić information content (AvgIpc) is 2.72. The third kappa shape index (κ3) is 7.21. The molecule has 1 N–H and O–H groups in total. The number of nitrogens with one attached hydrogen (secondary N) is 1. The standard InChI is InChI=1S/C24H31ClN2O2/c1-4-16-26-24(29)22(5-2)27(17-20-10-13-21(25)14-11-20)23(28)15-12-19-8-6-18(3)7-9-19/h6-11,13-14,22H,4-5,12,15-17H2,1-3H3,(H,26,29). The van der Waals surface area contributed by atoms with Crippen LogP contribution in [0.5, 0.6) is 0 Å². The molecule has 0 aliphatic heterocycles. The summed E-state index contributed by atoms with van der Waals surface area (Å²) in [7, 11) is 0. The van der Waals surface area contributed by atoms with Gasteiger partial charge in [-0.15, -0.1) is 0 Å². The number of hydrogen-bond acceptors (Lipinski definition) is 2. The first-order valence-corrected chi connectivity index (χ1v) is 10.7. The zero-order valence-electron chi connectivity index (χ0n) is 17.6. The summed E-state index contributed by atoms with van der Waals surface area (Å²) in [5.74, 6) is -0.106. The van der Waals surface area contributed by atoms with Crippen molar-refractivity contribution in [1.29, 1.82) is 0 Å². The first kappa shape index (κ1) is 23.0. The van der Waals surface area contributed by atoms with E-state index < -0.39 is 6.04 Å². The fourth-order valence-corrected chi connectivity index (χ4v) is 3.35. The molecule has 29 heavy (non-hydrogen) atoms. The minimum absolute atomic E-state index is 0.0148. The zero-order valence-corrected chi connectivity index (χ0v) is 18.3. The Morgan fingerprint density at radius 1 is 1.00 bits per heavy atom. The van der Waals surface area contributed by atoms with Gasteiger partial charge in [0.05, 0.1) is 0 Å². The highest BCUT2D eigenvalue weighted by molar-refractivity contribution is 6.30. The highest BCUT2D eigenvalue weighted by Crippen LogP contribution is 2.17. The normalized spacial score (nSPS) is 11.7. The van der Waals surface area contributed by atoms with E-state index >= 15 is 0 Å². The van der Waals surface area contributed by atoms with E-state index in [1.807, 2.05) is 45.0 Å². The van der Waals surface area contributed by atoms with E-state index in [4.69, 9.17) is 11.6 Å². The lowest BCUT2D eigenvalue weighted by Crippen LogP contribution is -2.49. The number of benzene rings is 2. The molecule has 156 valence electrons. The van der Waals surface area contributed by atoms with Gasteiger partial charge in [0, 0.05) is 24.5 Å². The maximum absolute atomic E-state index is 13.2. The van der Waals surface area contributed by atoms with E-state index in [0.717, 1.165) is 17.5 Å². The van der Waals surface area contributed by atoms with Crippen molar-refractivity contribution >= 4 is 23.4 Å². The van der Waals surface area contributed by atoms with Gasteiger partial charge in [0.15, 0.2) is 0 Å². The number of carbonyl (C=O) groups is 2. The van der Waals surface area contributed by atoms with Crippen LogP contribution in [0.15, 0.2) is 48.5 Å². The second-order valence-electron chi connectivity index (χ2n) is 7.35. The lowest BCUT2D eigenvalue weighted by molar-refractivity contribution is -0.141. The van der Waals surface area contributed by atoms with Crippen LogP contribution in [-0.4, -0.2) is 29.3 Å². The molecule has 1 unspecified atom stereocenters. The number of rotatable bonds is 10. The molecule has 5 heteroatoms. The van der Waals surface area contributed by atoms with Gasteiger partial charge in [-0.05, 0) is 49.4 Å². The van der Waals surface area contributed by atoms with E-state index in [-0.39, 0.29) is 11.8 Å². The molecule has 2 rings (SSSR count). The number of halogens is 1. The third-order valence-electron chi connectivity index (χ3n) is 4.95. The molecule has 2 amide bonds. The fourth-order valence-electron chi connectivity index (χ4n) is 3.22. The summed E-state index contributed by atoms with van der Waals surface area (Å²) in [6, 6.07) is 15.2. The smallest absolute Gasteiger partial charge is 0.242 e. The van der Waals surface area contributed by atoms with Crippen LogP contribution in [0.25, 0.3) is 0 Å². The van der Waals surface area contributed by atoms with E-state index in [2.05, 4.69) is 29.6 Å². The molecule has 2 aromatic rings. The van der Waals surface area contributed by atoms with Crippen LogP contribution >= 0.6 is 11.6 Å². The monoisotopic (exact) mass is 414 g/mol. The van der Waals surface area contributed by atoms with Gasteiger partial charge in [-0.3, -0.25) is 9.59 Å². The summed E-state index contributed by atoms with van der Waals surface area (Å²) in [5.41, 5.74) is 3.28. The highest BCUT2D eigenvalue weighted by Gasteiger charge is 2.28. The van der Waals surface area contributed by atoms with E-state index in [1.54, 1.807) is 4.90 Å². The molecule has 0 saturated carbocycles. The Kier molecular flexibility index (Phi) is 9.20. The van der Waals surface area contributed by atoms with Gasteiger partial charge >= 0.3 is 0 Å². The van der Waals surface area contributed by atoms with E-state index in [0.29, 0.717) is 37.4 Å². The molecule has 4 nitrogen and oxygen atoms in total. The summed E-state index contributed by atoms with van der Waals surface area (Å²) in [5, 5.41) is 3.59. The lowest BCUT2D eigenvalue weighted by Gasteiger charge is -2.30. The molecule has 1 atom stereocenters. The number of aryl methyl sites for hydroxylation is 2. The van der Waals surface area contributed by atoms with Crippen molar-refractivity contribution in [2.45, 2.75) is 59.0 Å². The number of amides is 2. The molecular weight excluding hydrogens is 384 g/mol. The highest BCUT2D eigenvalue weighted by atomic mass is 35.5. The molecule has 0 aromatic heterocycles. The Morgan fingerprint density at radius 2 is 1.62 bits per heavy atom. The van der Waals surface area contributed by atoms with Gasteiger partial charge in [-0.2, -0.15) is 0 Å². The molecule has 0 aliphatic rings. The quantitative estimate of drug-likeness (QED) is 0.600. The predicted octanol–water partition coefficient (Wildman–Crippen LogP) is 4.91. The summed E-state index contributed by atoms with van der Waals surface area (Å²) >= 11 is 5.99. The van der Waals surface area contributed by atoms with Crippen LogP contribution < -0.4 is 5.32 Å². The van der Waals surface area contributed by atoms with Crippen molar-refractivity contribution < 1.29 is 9.59 Å². The molecule has 2 aromatic carbocycles. The largest absolute Gasteiger partial charge is 0.354 e. The van der Waals surface area contributed by atoms with Gasteiger partial charge in [0.1, 0.15) is 6.04 Å². The summed E-state index contributed by atoms with van der Waals surface area (Å²) in [6.07, 6.45) is 2.46.